The summed E-state index contributed by atoms with van der Waals surface area (Å²) in [6.45, 7) is 7.73. The Hall–Kier alpha value is -1.09. The summed E-state index contributed by atoms with van der Waals surface area (Å²) in [5.74, 6) is 1.84. The first kappa shape index (κ1) is 12.4. The average molecular weight is 233 g/mol. The molecule has 1 aromatic rings. The second-order valence-electron chi connectivity index (χ2n) is 5.29. The Morgan fingerprint density at radius 3 is 2.76 bits per heavy atom. The summed E-state index contributed by atoms with van der Waals surface area (Å²) in [5.41, 5.74) is 6.94. The first-order chi connectivity index (χ1) is 8.09. The van der Waals surface area contributed by atoms with E-state index in [9.17, 15) is 0 Å². The van der Waals surface area contributed by atoms with Crippen molar-refractivity contribution in [3.63, 3.8) is 0 Å². The Morgan fingerprint density at radius 2 is 2.18 bits per heavy atom. The maximum absolute atomic E-state index is 5.84. The van der Waals surface area contributed by atoms with Gasteiger partial charge >= 0.3 is 0 Å². The molecular weight excluding hydrogens is 210 g/mol. The van der Waals surface area contributed by atoms with E-state index in [1.807, 2.05) is 13.1 Å². The highest BCUT2D eigenvalue weighted by atomic mass is 15.2. The Balaban J connectivity index is 2.16. The molecule has 0 bridgehead atoms. The topological polar surface area (TPSA) is 42.1 Å². The van der Waals surface area contributed by atoms with Crippen molar-refractivity contribution in [2.75, 3.05) is 11.4 Å². The monoisotopic (exact) mass is 233 g/mol. The molecule has 94 valence electrons. The molecular formula is C14H23N3. The number of pyridine rings is 1. The fraction of sp³-hybridized carbons (Fsp3) is 0.643. The molecule has 2 rings (SSSR count). The van der Waals surface area contributed by atoms with E-state index in [2.05, 4.69) is 35.9 Å². The number of hydrogen-bond acceptors (Lipinski definition) is 3. The van der Waals surface area contributed by atoms with Gasteiger partial charge < -0.3 is 10.6 Å². The van der Waals surface area contributed by atoms with E-state index in [0.29, 0.717) is 6.04 Å². The van der Waals surface area contributed by atoms with E-state index in [1.54, 1.807) is 0 Å². The van der Waals surface area contributed by atoms with Crippen LogP contribution in [0.15, 0.2) is 18.3 Å². The highest BCUT2D eigenvalue weighted by molar-refractivity contribution is 5.41. The third-order valence-electron chi connectivity index (χ3n) is 3.96. The van der Waals surface area contributed by atoms with Gasteiger partial charge in [0.2, 0.25) is 0 Å². The standard InChI is InChI=1S/C14H23N3/c1-10-5-4-8-17(12(10)3)14-7-6-13(9-16-14)11(2)15/h6-7,9-12H,4-5,8,15H2,1-3H3/t10?,11-,12?/m1/s1. The van der Waals surface area contributed by atoms with Crippen LogP contribution < -0.4 is 10.6 Å². The summed E-state index contributed by atoms with van der Waals surface area (Å²) in [6, 6.07) is 4.85. The lowest BCUT2D eigenvalue weighted by atomic mass is 9.92. The largest absolute Gasteiger partial charge is 0.354 e. The number of anilines is 1. The van der Waals surface area contributed by atoms with Crippen molar-refractivity contribution < 1.29 is 0 Å². The van der Waals surface area contributed by atoms with E-state index < -0.39 is 0 Å². The Morgan fingerprint density at radius 1 is 1.41 bits per heavy atom. The maximum atomic E-state index is 5.84. The van der Waals surface area contributed by atoms with Crippen LogP contribution in [0.3, 0.4) is 0 Å². The summed E-state index contributed by atoms with van der Waals surface area (Å²) in [5, 5.41) is 0. The predicted molar refractivity (Wildman–Crippen MR) is 72.0 cm³/mol. The van der Waals surface area contributed by atoms with Crippen LogP contribution in [0.25, 0.3) is 0 Å². The summed E-state index contributed by atoms with van der Waals surface area (Å²) < 4.78 is 0. The maximum Gasteiger partial charge on any atom is 0.128 e. The van der Waals surface area contributed by atoms with Crippen molar-refractivity contribution in [2.45, 2.75) is 45.7 Å². The summed E-state index contributed by atoms with van der Waals surface area (Å²) in [7, 11) is 0. The van der Waals surface area contributed by atoms with Crippen LogP contribution in [0.2, 0.25) is 0 Å². The van der Waals surface area contributed by atoms with E-state index in [-0.39, 0.29) is 6.04 Å². The van der Waals surface area contributed by atoms with E-state index in [4.69, 9.17) is 5.73 Å². The molecule has 0 radical (unpaired) electrons. The molecule has 1 saturated heterocycles. The van der Waals surface area contributed by atoms with E-state index >= 15 is 0 Å². The minimum absolute atomic E-state index is 0.0641. The molecule has 2 N–H and O–H groups in total. The van der Waals surface area contributed by atoms with Gasteiger partial charge in [-0.25, -0.2) is 4.98 Å². The first-order valence-corrected chi connectivity index (χ1v) is 6.57. The van der Waals surface area contributed by atoms with Gasteiger partial charge in [-0.3, -0.25) is 0 Å². The molecule has 1 aromatic heterocycles. The normalized spacial score (nSPS) is 26.9. The second-order valence-corrected chi connectivity index (χ2v) is 5.29. The Kier molecular flexibility index (Phi) is 3.67. The molecule has 1 fully saturated rings. The smallest absolute Gasteiger partial charge is 0.128 e. The molecule has 0 aromatic carbocycles. The SMILES string of the molecule is CC1CCCN(c2ccc([C@@H](C)N)cn2)C1C. The zero-order valence-electron chi connectivity index (χ0n) is 11.1. The van der Waals surface area contributed by atoms with Crippen molar-refractivity contribution >= 4 is 5.82 Å². The summed E-state index contributed by atoms with van der Waals surface area (Å²) >= 11 is 0. The van der Waals surface area contributed by atoms with Crippen LogP contribution in [-0.2, 0) is 0 Å². The Labute approximate surface area is 104 Å². The summed E-state index contributed by atoms with van der Waals surface area (Å²) in [4.78, 5) is 6.97. The fourth-order valence-corrected chi connectivity index (χ4v) is 2.50. The molecule has 1 aliphatic rings. The van der Waals surface area contributed by atoms with Gasteiger partial charge in [0.05, 0.1) is 0 Å². The molecule has 0 saturated carbocycles. The van der Waals surface area contributed by atoms with Gasteiger partial charge in [0.15, 0.2) is 0 Å². The van der Waals surface area contributed by atoms with Gasteiger partial charge in [-0.2, -0.15) is 0 Å². The van der Waals surface area contributed by atoms with E-state index in [0.717, 1.165) is 23.8 Å². The third kappa shape index (κ3) is 2.60. The molecule has 0 spiro atoms. The first-order valence-electron chi connectivity index (χ1n) is 6.57. The van der Waals surface area contributed by atoms with Crippen molar-refractivity contribution in [3.8, 4) is 0 Å². The van der Waals surface area contributed by atoms with Gasteiger partial charge in [0.25, 0.3) is 0 Å². The zero-order valence-corrected chi connectivity index (χ0v) is 11.1. The lowest BCUT2D eigenvalue weighted by Gasteiger charge is -2.38. The number of rotatable bonds is 2. The fourth-order valence-electron chi connectivity index (χ4n) is 2.50. The van der Waals surface area contributed by atoms with Crippen LogP contribution in [0.4, 0.5) is 5.82 Å². The molecule has 1 aliphatic heterocycles. The van der Waals surface area contributed by atoms with Crippen molar-refractivity contribution in [3.05, 3.63) is 23.9 Å². The lowest BCUT2D eigenvalue weighted by molar-refractivity contribution is 0.361. The molecule has 2 heterocycles. The molecule has 2 unspecified atom stereocenters. The van der Waals surface area contributed by atoms with Crippen LogP contribution in [-0.4, -0.2) is 17.6 Å². The van der Waals surface area contributed by atoms with Crippen LogP contribution >= 0.6 is 0 Å². The number of aromatic nitrogens is 1. The minimum atomic E-state index is 0.0641. The molecule has 0 aliphatic carbocycles. The number of piperidine rings is 1. The highest BCUT2D eigenvalue weighted by Gasteiger charge is 2.25. The third-order valence-corrected chi connectivity index (χ3v) is 3.96. The zero-order chi connectivity index (χ0) is 12.4. The Bertz CT molecular complexity index is 358. The van der Waals surface area contributed by atoms with Crippen molar-refractivity contribution in [1.29, 1.82) is 0 Å². The molecule has 3 heteroatoms. The van der Waals surface area contributed by atoms with Gasteiger partial charge in [-0.15, -0.1) is 0 Å². The van der Waals surface area contributed by atoms with Gasteiger partial charge in [0.1, 0.15) is 5.82 Å². The van der Waals surface area contributed by atoms with Gasteiger partial charge in [-0.1, -0.05) is 13.0 Å². The molecule has 3 nitrogen and oxygen atoms in total. The molecule has 3 atom stereocenters. The van der Waals surface area contributed by atoms with Crippen LogP contribution in [0, 0.1) is 5.92 Å². The number of nitrogens with two attached hydrogens (primary N) is 1. The number of hydrogen-bond donors (Lipinski definition) is 1. The molecule has 17 heavy (non-hydrogen) atoms. The van der Waals surface area contributed by atoms with E-state index in [1.165, 1.54) is 12.8 Å². The lowest BCUT2D eigenvalue weighted by Crippen LogP contribution is -2.42. The second kappa shape index (κ2) is 5.05. The quantitative estimate of drug-likeness (QED) is 0.854. The minimum Gasteiger partial charge on any atom is -0.354 e. The number of nitrogens with zero attached hydrogens (tertiary/aromatic N) is 2. The van der Waals surface area contributed by atoms with Gasteiger partial charge in [0, 0.05) is 24.8 Å². The summed E-state index contributed by atoms with van der Waals surface area (Å²) in [6.07, 6.45) is 4.50. The van der Waals surface area contributed by atoms with Crippen molar-refractivity contribution in [2.24, 2.45) is 11.7 Å². The van der Waals surface area contributed by atoms with Crippen LogP contribution in [0.1, 0.15) is 45.2 Å². The highest BCUT2D eigenvalue weighted by Crippen LogP contribution is 2.27. The van der Waals surface area contributed by atoms with Crippen LogP contribution in [0.5, 0.6) is 0 Å². The predicted octanol–water partition coefficient (Wildman–Crippen LogP) is 2.73. The van der Waals surface area contributed by atoms with Crippen molar-refractivity contribution in [1.82, 2.24) is 4.98 Å². The molecule has 0 amide bonds. The van der Waals surface area contributed by atoms with Gasteiger partial charge in [-0.05, 0) is 44.2 Å². The average Bonchev–Trinajstić information content (AvgIpc) is 2.33.